The molecule has 3 N–H and O–H groups in total. The summed E-state index contributed by atoms with van der Waals surface area (Å²) in [6.07, 6.45) is 6.73. The molecule has 234 valence electrons. The van der Waals surface area contributed by atoms with Gasteiger partial charge in [-0.1, -0.05) is 12.1 Å². The molecule has 3 aromatic rings. The zero-order valence-electron chi connectivity index (χ0n) is 25.2. The van der Waals surface area contributed by atoms with Gasteiger partial charge in [0.25, 0.3) is 0 Å². The van der Waals surface area contributed by atoms with Crippen LogP contribution in [0.4, 0.5) is 4.39 Å². The zero-order chi connectivity index (χ0) is 31.3. The summed E-state index contributed by atoms with van der Waals surface area (Å²) in [5.41, 5.74) is 1.61. The predicted octanol–water partition coefficient (Wildman–Crippen LogP) is 4.24. The average molecular weight is 607 g/mol. The fourth-order valence-electron chi connectivity index (χ4n) is 4.68. The van der Waals surface area contributed by atoms with Crippen molar-refractivity contribution in [3.05, 3.63) is 78.1 Å². The summed E-state index contributed by atoms with van der Waals surface area (Å²) >= 11 is 0. The van der Waals surface area contributed by atoms with Crippen LogP contribution >= 0.6 is 0 Å². The van der Waals surface area contributed by atoms with Gasteiger partial charge < -0.3 is 34.9 Å². The molecule has 1 saturated heterocycles. The highest BCUT2D eigenvalue weighted by atomic mass is 19.1. The number of ether oxygens (including phenoxy) is 4. The van der Waals surface area contributed by atoms with Gasteiger partial charge in [0, 0.05) is 29.9 Å². The molecule has 4 rings (SSSR count). The van der Waals surface area contributed by atoms with E-state index in [1.165, 1.54) is 19.1 Å². The number of aromatic nitrogens is 1. The number of hydrogen-bond acceptors (Lipinski definition) is 8. The highest BCUT2D eigenvalue weighted by Gasteiger charge is 2.17. The summed E-state index contributed by atoms with van der Waals surface area (Å²) in [6.45, 7) is 4.18. The van der Waals surface area contributed by atoms with Crippen LogP contribution in [0.15, 0.2) is 72.6 Å². The molecule has 0 bridgehead atoms. The van der Waals surface area contributed by atoms with Crippen LogP contribution in [-0.2, 0) is 16.1 Å². The second-order valence-corrected chi connectivity index (χ2v) is 10.3. The van der Waals surface area contributed by atoms with Gasteiger partial charge in [-0.05, 0) is 86.8 Å². The van der Waals surface area contributed by atoms with E-state index in [0.717, 1.165) is 36.9 Å². The van der Waals surface area contributed by atoms with Gasteiger partial charge >= 0.3 is 11.8 Å². The van der Waals surface area contributed by atoms with Gasteiger partial charge in [-0.3, -0.25) is 14.6 Å². The average Bonchev–Trinajstić information content (AvgIpc) is 3.04. The van der Waals surface area contributed by atoms with E-state index in [0.29, 0.717) is 41.0 Å². The quantitative estimate of drug-likeness (QED) is 0.195. The number of allylic oxidation sites excluding steroid dienone is 2. The second-order valence-electron chi connectivity index (χ2n) is 10.3. The van der Waals surface area contributed by atoms with Crippen LogP contribution in [0.3, 0.4) is 0 Å². The second kappa shape index (κ2) is 16.3. The topological polar surface area (TPSA) is 120 Å². The highest BCUT2D eigenvalue weighted by Crippen LogP contribution is 2.36. The van der Waals surface area contributed by atoms with Crippen LogP contribution in [0.2, 0.25) is 0 Å². The molecule has 10 nitrogen and oxygen atoms in total. The molecule has 1 fully saturated rings. The van der Waals surface area contributed by atoms with Crippen molar-refractivity contribution in [3.8, 4) is 23.0 Å². The molecule has 1 aromatic heterocycles. The number of carbonyl (C=O) groups excluding carboxylic acids is 2. The smallest absolute Gasteiger partial charge is 0.313 e. The molecule has 11 heteroatoms. The molecule has 2 heterocycles. The van der Waals surface area contributed by atoms with Crippen molar-refractivity contribution in [2.75, 3.05) is 40.5 Å². The fourth-order valence-corrected chi connectivity index (χ4v) is 4.68. The summed E-state index contributed by atoms with van der Waals surface area (Å²) in [5.74, 6) is 1.18. The molecule has 2 aromatic carbocycles. The van der Waals surface area contributed by atoms with Gasteiger partial charge in [-0.15, -0.1) is 0 Å². The summed E-state index contributed by atoms with van der Waals surface area (Å²) in [4.78, 5) is 29.3. The Hall–Kier alpha value is -4.64. The molecule has 1 aliphatic heterocycles. The van der Waals surface area contributed by atoms with Crippen molar-refractivity contribution in [2.45, 2.75) is 32.5 Å². The van der Waals surface area contributed by atoms with Crippen molar-refractivity contribution in [2.24, 2.45) is 5.92 Å². The highest BCUT2D eigenvalue weighted by molar-refractivity contribution is 6.35. The van der Waals surface area contributed by atoms with Crippen molar-refractivity contribution < 1.29 is 32.9 Å². The first-order chi connectivity index (χ1) is 21.4. The number of nitrogens with one attached hydrogen (secondary N) is 3. The molecule has 1 atom stereocenters. The predicted molar refractivity (Wildman–Crippen MR) is 166 cm³/mol. The molecular formula is C33H39FN4O6. The molecule has 0 aliphatic carbocycles. The van der Waals surface area contributed by atoms with Crippen LogP contribution in [-0.4, -0.2) is 63.5 Å². The third-order valence-corrected chi connectivity index (χ3v) is 7.04. The maximum atomic E-state index is 13.8. The number of rotatable bonds is 13. The first-order valence-corrected chi connectivity index (χ1v) is 14.5. The molecular weight excluding hydrogens is 567 g/mol. The molecule has 44 heavy (non-hydrogen) atoms. The number of benzene rings is 2. The Kier molecular flexibility index (Phi) is 11.9. The zero-order valence-corrected chi connectivity index (χ0v) is 25.2. The number of piperidine rings is 1. The van der Waals surface area contributed by atoms with Gasteiger partial charge in [-0.2, -0.15) is 0 Å². The molecule has 1 aliphatic rings. The lowest BCUT2D eigenvalue weighted by molar-refractivity contribution is -0.138. The van der Waals surface area contributed by atoms with Gasteiger partial charge in [0.05, 0.1) is 26.3 Å². The number of amides is 2. The lowest BCUT2D eigenvalue weighted by atomic mass is 9.99. The number of fused-ring (bicyclic) bond motifs is 1. The lowest BCUT2D eigenvalue weighted by Gasteiger charge is -2.23. The minimum atomic E-state index is -1.36. The Balaban J connectivity index is 1.35. The number of nitrogens with zero attached hydrogens (tertiary/aromatic N) is 1. The van der Waals surface area contributed by atoms with Gasteiger partial charge in [-0.25, -0.2) is 4.39 Å². The number of hydrogen-bond donors (Lipinski definition) is 3. The molecule has 0 spiro atoms. The maximum Gasteiger partial charge on any atom is 0.313 e. The van der Waals surface area contributed by atoms with Gasteiger partial charge in [0.15, 0.2) is 11.5 Å². The monoisotopic (exact) mass is 606 g/mol. The molecule has 1 unspecified atom stereocenters. The Morgan fingerprint density at radius 1 is 1.02 bits per heavy atom. The summed E-state index contributed by atoms with van der Waals surface area (Å²) < 4.78 is 36.6. The maximum absolute atomic E-state index is 13.8. The van der Waals surface area contributed by atoms with Crippen LogP contribution in [0.5, 0.6) is 23.0 Å². The van der Waals surface area contributed by atoms with Crippen LogP contribution in [0.25, 0.3) is 10.9 Å². The normalized spacial score (nSPS) is 14.7. The Morgan fingerprint density at radius 3 is 2.50 bits per heavy atom. The number of alkyl halides is 1. The van der Waals surface area contributed by atoms with E-state index in [9.17, 15) is 14.0 Å². The molecule has 0 radical (unpaired) electrons. The molecule has 2 amide bonds. The van der Waals surface area contributed by atoms with E-state index < -0.39 is 18.0 Å². The first-order valence-electron chi connectivity index (χ1n) is 14.5. The third-order valence-electron chi connectivity index (χ3n) is 7.04. The minimum Gasteiger partial charge on any atom is -0.497 e. The Labute approximate surface area is 256 Å². The largest absolute Gasteiger partial charge is 0.497 e. The van der Waals surface area contributed by atoms with Crippen LogP contribution < -0.4 is 34.9 Å². The van der Waals surface area contributed by atoms with Crippen LogP contribution in [0.1, 0.15) is 25.3 Å². The Morgan fingerprint density at radius 2 is 1.80 bits per heavy atom. The van der Waals surface area contributed by atoms with Crippen molar-refractivity contribution >= 4 is 22.7 Å². The third kappa shape index (κ3) is 9.43. The number of carbonyl (C=O) groups is 2. The van der Waals surface area contributed by atoms with E-state index in [1.54, 1.807) is 56.8 Å². The standard InChI is InChI=1S/C33H39FN4O6/c1-22(34)17-25(38-33(40)32(39)37-20-23-6-8-26(41-2)9-7-23)5-4-16-43-29-12-15-36-28-19-31(30(42-3)18-27(28)29)44-21-24-10-13-35-14-11-24/h4-9,12,15,17-19,22,24,35H,10-11,13-14,16,20-21H2,1-3H3,(H,37,39)(H,38,40)/b5-4-,25-17+. The van der Waals surface area contributed by atoms with Gasteiger partial charge in [0.2, 0.25) is 0 Å². The van der Waals surface area contributed by atoms with E-state index >= 15 is 0 Å². The van der Waals surface area contributed by atoms with E-state index in [1.807, 2.05) is 12.1 Å². The van der Waals surface area contributed by atoms with Gasteiger partial charge in [0.1, 0.15) is 24.3 Å². The summed E-state index contributed by atoms with van der Waals surface area (Å²) in [6, 6.07) is 12.5. The van der Waals surface area contributed by atoms with E-state index in [4.69, 9.17) is 18.9 Å². The molecule has 0 saturated carbocycles. The Bertz CT molecular complexity index is 1470. The lowest BCUT2D eigenvalue weighted by Crippen LogP contribution is -2.39. The van der Waals surface area contributed by atoms with E-state index in [2.05, 4.69) is 20.9 Å². The van der Waals surface area contributed by atoms with Crippen molar-refractivity contribution in [3.63, 3.8) is 0 Å². The fraction of sp³-hybridized carbons (Fsp3) is 0.364. The SMILES string of the molecule is COc1ccc(CNC(=O)C(=O)NC(/C=C\COc2ccnc3cc(OCC4CCNCC4)c(OC)cc23)=C/C(C)F)cc1. The van der Waals surface area contributed by atoms with Crippen LogP contribution in [0, 0.1) is 5.92 Å². The minimum absolute atomic E-state index is 0.104. The number of methoxy groups -OCH3 is 2. The summed E-state index contributed by atoms with van der Waals surface area (Å²) in [7, 11) is 3.15. The van der Waals surface area contributed by atoms with Crippen molar-refractivity contribution in [1.82, 2.24) is 20.9 Å². The van der Waals surface area contributed by atoms with E-state index in [-0.39, 0.29) is 18.8 Å². The summed E-state index contributed by atoms with van der Waals surface area (Å²) in [5, 5.41) is 9.10. The first kappa shape index (κ1) is 32.3. The number of halogens is 1. The number of pyridine rings is 1. The van der Waals surface area contributed by atoms with Crippen molar-refractivity contribution in [1.29, 1.82) is 0 Å².